The van der Waals surface area contributed by atoms with Gasteiger partial charge in [-0.15, -0.1) is 0 Å². The SMILES string of the molecule is NCc1cc(=O)oc2cc(F)ccc12. The van der Waals surface area contributed by atoms with Gasteiger partial charge in [0.1, 0.15) is 11.4 Å². The van der Waals surface area contributed by atoms with Crippen molar-refractivity contribution in [3.05, 3.63) is 46.1 Å². The van der Waals surface area contributed by atoms with Crippen LogP contribution in [0.5, 0.6) is 0 Å². The van der Waals surface area contributed by atoms with E-state index >= 15 is 0 Å². The van der Waals surface area contributed by atoms with Gasteiger partial charge >= 0.3 is 5.63 Å². The number of hydrogen-bond acceptors (Lipinski definition) is 3. The monoisotopic (exact) mass is 193 g/mol. The molecule has 0 aliphatic carbocycles. The van der Waals surface area contributed by atoms with E-state index in [0.29, 0.717) is 10.9 Å². The third-order valence-corrected chi connectivity index (χ3v) is 2.01. The van der Waals surface area contributed by atoms with Gasteiger partial charge in [0.2, 0.25) is 0 Å². The first-order valence-corrected chi connectivity index (χ1v) is 4.13. The summed E-state index contributed by atoms with van der Waals surface area (Å²) in [5, 5.41) is 0.675. The molecule has 2 N–H and O–H groups in total. The summed E-state index contributed by atoms with van der Waals surface area (Å²) in [5.41, 5.74) is 5.84. The van der Waals surface area contributed by atoms with Crippen molar-refractivity contribution in [2.75, 3.05) is 0 Å². The van der Waals surface area contributed by atoms with Gasteiger partial charge in [-0.1, -0.05) is 0 Å². The lowest BCUT2D eigenvalue weighted by Gasteiger charge is -2.01. The molecule has 0 spiro atoms. The summed E-state index contributed by atoms with van der Waals surface area (Å²) in [7, 11) is 0. The van der Waals surface area contributed by atoms with E-state index in [0.717, 1.165) is 0 Å². The largest absolute Gasteiger partial charge is 0.423 e. The highest BCUT2D eigenvalue weighted by atomic mass is 19.1. The van der Waals surface area contributed by atoms with Crippen LogP contribution in [0.1, 0.15) is 5.56 Å². The standard InChI is InChI=1S/C10H8FNO2/c11-7-1-2-8-6(5-12)3-10(13)14-9(8)4-7/h1-4H,5,12H2. The molecule has 1 aromatic carbocycles. The first-order valence-electron chi connectivity index (χ1n) is 4.13. The maximum absolute atomic E-state index is 12.8. The van der Waals surface area contributed by atoms with Crippen LogP contribution < -0.4 is 11.4 Å². The molecule has 0 bridgehead atoms. The minimum Gasteiger partial charge on any atom is -0.423 e. The molecule has 0 amide bonds. The molecule has 0 aliphatic heterocycles. The fourth-order valence-corrected chi connectivity index (χ4v) is 1.37. The van der Waals surface area contributed by atoms with Gasteiger partial charge < -0.3 is 10.2 Å². The van der Waals surface area contributed by atoms with Gasteiger partial charge in [0.25, 0.3) is 0 Å². The van der Waals surface area contributed by atoms with Crippen LogP contribution in [0.3, 0.4) is 0 Å². The highest BCUT2D eigenvalue weighted by molar-refractivity contribution is 5.80. The third kappa shape index (κ3) is 1.40. The van der Waals surface area contributed by atoms with Gasteiger partial charge in [-0.25, -0.2) is 9.18 Å². The van der Waals surface area contributed by atoms with Crippen molar-refractivity contribution < 1.29 is 8.81 Å². The molecular formula is C10H8FNO2. The fraction of sp³-hybridized carbons (Fsp3) is 0.100. The average molecular weight is 193 g/mol. The number of rotatable bonds is 1. The highest BCUT2D eigenvalue weighted by Crippen LogP contribution is 2.17. The van der Waals surface area contributed by atoms with Crippen molar-refractivity contribution in [2.24, 2.45) is 5.73 Å². The Morgan fingerprint density at radius 1 is 1.36 bits per heavy atom. The van der Waals surface area contributed by atoms with Crippen molar-refractivity contribution in [1.29, 1.82) is 0 Å². The summed E-state index contributed by atoms with van der Waals surface area (Å²) < 4.78 is 17.6. The molecule has 0 unspecified atom stereocenters. The molecule has 0 radical (unpaired) electrons. The zero-order valence-corrected chi connectivity index (χ0v) is 7.29. The number of halogens is 1. The van der Waals surface area contributed by atoms with Gasteiger partial charge in [-0.3, -0.25) is 0 Å². The second-order valence-electron chi connectivity index (χ2n) is 2.94. The van der Waals surface area contributed by atoms with E-state index < -0.39 is 11.4 Å². The zero-order valence-electron chi connectivity index (χ0n) is 7.29. The molecule has 0 aliphatic rings. The zero-order chi connectivity index (χ0) is 10.1. The van der Waals surface area contributed by atoms with Crippen LogP contribution in [-0.4, -0.2) is 0 Å². The molecule has 14 heavy (non-hydrogen) atoms. The minimum atomic E-state index is -0.511. The molecular weight excluding hydrogens is 185 g/mol. The lowest BCUT2D eigenvalue weighted by Crippen LogP contribution is -2.04. The molecule has 2 aromatic rings. The lowest BCUT2D eigenvalue weighted by molar-refractivity contribution is 0.552. The summed E-state index contributed by atoms with van der Waals surface area (Å²) in [6.07, 6.45) is 0. The first kappa shape index (κ1) is 8.90. The van der Waals surface area contributed by atoms with E-state index in [-0.39, 0.29) is 12.1 Å². The van der Waals surface area contributed by atoms with Crippen LogP contribution in [0.4, 0.5) is 4.39 Å². The van der Waals surface area contributed by atoms with Crippen molar-refractivity contribution >= 4 is 11.0 Å². The Hall–Kier alpha value is -1.68. The molecule has 72 valence electrons. The Morgan fingerprint density at radius 3 is 2.86 bits per heavy atom. The predicted octanol–water partition coefficient (Wildman–Crippen LogP) is 1.39. The van der Waals surface area contributed by atoms with E-state index in [2.05, 4.69) is 0 Å². The maximum Gasteiger partial charge on any atom is 0.336 e. The number of fused-ring (bicyclic) bond motifs is 1. The Morgan fingerprint density at radius 2 is 2.14 bits per heavy atom. The molecule has 0 saturated heterocycles. The maximum atomic E-state index is 12.8. The summed E-state index contributed by atoms with van der Waals surface area (Å²) in [6, 6.07) is 5.35. The quantitative estimate of drug-likeness (QED) is 0.696. The van der Waals surface area contributed by atoms with E-state index in [1.165, 1.54) is 18.2 Å². The van der Waals surface area contributed by atoms with Crippen LogP contribution in [-0.2, 0) is 6.54 Å². The van der Waals surface area contributed by atoms with E-state index in [4.69, 9.17) is 10.2 Å². The lowest BCUT2D eigenvalue weighted by atomic mass is 10.1. The van der Waals surface area contributed by atoms with Crippen LogP contribution >= 0.6 is 0 Å². The Balaban J connectivity index is 2.87. The van der Waals surface area contributed by atoms with Crippen molar-refractivity contribution in [1.82, 2.24) is 0 Å². The van der Waals surface area contributed by atoms with E-state index in [9.17, 15) is 9.18 Å². The molecule has 0 atom stereocenters. The molecule has 0 fully saturated rings. The van der Waals surface area contributed by atoms with Gasteiger partial charge in [-0.05, 0) is 17.7 Å². The van der Waals surface area contributed by atoms with Gasteiger partial charge in [0.15, 0.2) is 0 Å². The highest BCUT2D eigenvalue weighted by Gasteiger charge is 2.04. The third-order valence-electron chi connectivity index (χ3n) is 2.01. The normalized spacial score (nSPS) is 10.7. The topological polar surface area (TPSA) is 56.2 Å². The Kier molecular flexibility index (Phi) is 2.05. The smallest absolute Gasteiger partial charge is 0.336 e. The van der Waals surface area contributed by atoms with Crippen LogP contribution in [0.2, 0.25) is 0 Å². The van der Waals surface area contributed by atoms with Crippen LogP contribution in [0.15, 0.2) is 33.5 Å². The van der Waals surface area contributed by atoms with Gasteiger partial charge in [-0.2, -0.15) is 0 Å². The van der Waals surface area contributed by atoms with Crippen LogP contribution in [0.25, 0.3) is 11.0 Å². The second-order valence-corrected chi connectivity index (χ2v) is 2.94. The summed E-state index contributed by atoms with van der Waals surface area (Å²) in [5.74, 6) is -0.435. The Labute approximate surface area is 78.9 Å². The summed E-state index contributed by atoms with van der Waals surface area (Å²) in [4.78, 5) is 11.0. The average Bonchev–Trinajstić information content (AvgIpc) is 2.15. The van der Waals surface area contributed by atoms with Gasteiger partial charge in [0.05, 0.1) is 0 Å². The van der Waals surface area contributed by atoms with E-state index in [1.54, 1.807) is 6.07 Å². The molecule has 4 heteroatoms. The number of benzene rings is 1. The minimum absolute atomic E-state index is 0.230. The van der Waals surface area contributed by atoms with Gasteiger partial charge in [0, 0.05) is 24.1 Å². The summed E-state index contributed by atoms with van der Waals surface area (Å²) >= 11 is 0. The molecule has 1 heterocycles. The predicted molar refractivity (Wildman–Crippen MR) is 50.3 cm³/mol. The number of hydrogen-bond donors (Lipinski definition) is 1. The molecule has 3 nitrogen and oxygen atoms in total. The summed E-state index contributed by atoms with van der Waals surface area (Å²) in [6.45, 7) is 0.230. The van der Waals surface area contributed by atoms with Crippen molar-refractivity contribution in [3.63, 3.8) is 0 Å². The molecule has 2 rings (SSSR count). The van der Waals surface area contributed by atoms with Crippen LogP contribution in [0, 0.1) is 5.82 Å². The molecule has 1 aromatic heterocycles. The Bertz CT molecular complexity index is 533. The number of nitrogens with two attached hydrogens (primary N) is 1. The molecule has 0 saturated carbocycles. The van der Waals surface area contributed by atoms with Crippen molar-refractivity contribution in [2.45, 2.75) is 6.54 Å². The fourth-order valence-electron chi connectivity index (χ4n) is 1.37. The van der Waals surface area contributed by atoms with E-state index in [1.807, 2.05) is 0 Å². The van der Waals surface area contributed by atoms with Crippen molar-refractivity contribution in [3.8, 4) is 0 Å². The second kappa shape index (κ2) is 3.23. The first-order chi connectivity index (χ1) is 6.70.